The summed E-state index contributed by atoms with van der Waals surface area (Å²) in [5, 5.41) is 0. The Bertz CT molecular complexity index is 559. The molecule has 0 fully saturated rings. The number of Topliss-reactive ketones (excluding diaryl/α,β-unsaturated/α-hetero) is 1. The van der Waals surface area contributed by atoms with Crippen LogP contribution in [0.15, 0.2) is 11.0 Å². The maximum absolute atomic E-state index is 12.1. The summed E-state index contributed by atoms with van der Waals surface area (Å²) in [5.74, 6) is -0.668. The maximum atomic E-state index is 12.1. The Balaban J connectivity index is 2.51. The number of pyridine rings is 1. The SMILES string of the molecule is CCOC(=O)c1c[nH]c2c(c1=O)C(=O)CC(C)C2. The molecule has 0 aliphatic heterocycles. The molecule has 1 atom stereocenters. The van der Waals surface area contributed by atoms with Gasteiger partial charge in [0.15, 0.2) is 5.78 Å². The second-order valence-corrected chi connectivity index (χ2v) is 4.54. The molecule has 0 bridgehead atoms. The molecule has 18 heavy (non-hydrogen) atoms. The van der Waals surface area contributed by atoms with Crippen LogP contribution in [0.3, 0.4) is 0 Å². The number of carbonyl (C=O) groups excluding carboxylic acids is 2. The summed E-state index contributed by atoms with van der Waals surface area (Å²) in [6.45, 7) is 3.82. The molecule has 1 aliphatic carbocycles. The number of ether oxygens (including phenoxy) is 1. The van der Waals surface area contributed by atoms with Gasteiger partial charge < -0.3 is 9.72 Å². The summed E-state index contributed by atoms with van der Waals surface area (Å²) < 4.78 is 4.79. The topological polar surface area (TPSA) is 76.2 Å². The van der Waals surface area contributed by atoms with Crippen LogP contribution >= 0.6 is 0 Å². The molecule has 0 aromatic carbocycles. The van der Waals surface area contributed by atoms with Crippen molar-refractivity contribution >= 4 is 11.8 Å². The Morgan fingerprint density at radius 1 is 1.44 bits per heavy atom. The molecule has 1 aromatic heterocycles. The smallest absolute Gasteiger partial charge is 0.343 e. The fourth-order valence-corrected chi connectivity index (χ4v) is 2.22. The summed E-state index contributed by atoms with van der Waals surface area (Å²) in [6.07, 6.45) is 2.34. The van der Waals surface area contributed by atoms with Crippen LogP contribution in [0.1, 0.15) is 46.7 Å². The van der Waals surface area contributed by atoms with Crippen LogP contribution in [0, 0.1) is 5.92 Å². The van der Waals surface area contributed by atoms with E-state index in [1.165, 1.54) is 6.20 Å². The maximum Gasteiger partial charge on any atom is 0.343 e. The molecule has 2 rings (SSSR count). The van der Waals surface area contributed by atoms with E-state index in [2.05, 4.69) is 4.98 Å². The third kappa shape index (κ3) is 2.08. The van der Waals surface area contributed by atoms with Crippen molar-refractivity contribution in [3.05, 3.63) is 33.2 Å². The lowest BCUT2D eigenvalue weighted by Gasteiger charge is -2.19. The van der Waals surface area contributed by atoms with E-state index in [1.807, 2.05) is 6.92 Å². The van der Waals surface area contributed by atoms with E-state index in [1.54, 1.807) is 6.92 Å². The second-order valence-electron chi connectivity index (χ2n) is 4.54. The molecule has 0 saturated carbocycles. The normalized spacial score (nSPS) is 18.3. The van der Waals surface area contributed by atoms with Crippen molar-refractivity contribution in [2.45, 2.75) is 26.7 Å². The monoisotopic (exact) mass is 249 g/mol. The van der Waals surface area contributed by atoms with Crippen molar-refractivity contribution in [1.29, 1.82) is 0 Å². The van der Waals surface area contributed by atoms with Crippen LogP contribution in [-0.4, -0.2) is 23.3 Å². The Hall–Kier alpha value is -1.91. The zero-order valence-electron chi connectivity index (χ0n) is 10.4. The number of aromatic amines is 1. The highest BCUT2D eigenvalue weighted by Crippen LogP contribution is 2.21. The number of fused-ring (bicyclic) bond motifs is 1. The fraction of sp³-hybridized carbons (Fsp3) is 0.462. The van der Waals surface area contributed by atoms with Crippen LogP contribution in [0.25, 0.3) is 0 Å². The van der Waals surface area contributed by atoms with Crippen LogP contribution in [0.2, 0.25) is 0 Å². The number of nitrogens with one attached hydrogen (secondary N) is 1. The Morgan fingerprint density at radius 2 is 2.17 bits per heavy atom. The van der Waals surface area contributed by atoms with Crippen molar-refractivity contribution in [3.63, 3.8) is 0 Å². The average Bonchev–Trinajstić information content (AvgIpc) is 2.28. The quantitative estimate of drug-likeness (QED) is 0.802. The van der Waals surface area contributed by atoms with E-state index in [4.69, 9.17) is 4.74 Å². The predicted molar refractivity (Wildman–Crippen MR) is 64.8 cm³/mol. The number of aromatic nitrogens is 1. The van der Waals surface area contributed by atoms with Gasteiger partial charge in [-0.25, -0.2) is 4.79 Å². The largest absolute Gasteiger partial charge is 0.462 e. The molecule has 1 aromatic rings. The highest BCUT2D eigenvalue weighted by Gasteiger charge is 2.28. The van der Waals surface area contributed by atoms with Gasteiger partial charge in [0, 0.05) is 18.3 Å². The number of esters is 1. The highest BCUT2D eigenvalue weighted by atomic mass is 16.5. The van der Waals surface area contributed by atoms with Crippen LogP contribution < -0.4 is 5.43 Å². The van der Waals surface area contributed by atoms with Crippen molar-refractivity contribution in [2.75, 3.05) is 6.61 Å². The van der Waals surface area contributed by atoms with Gasteiger partial charge >= 0.3 is 5.97 Å². The van der Waals surface area contributed by atoms with Gasteiger partial charge in [0.05, 0.1) is 12.2 Å². The first-order valence-corrected chi connectivity index (χ1v) is 5.99. The van der Waals surface area contributed by atoms with Gasteiger partial charge in [-0.2, -0.15) is 0 Å². The van der Waals surface area contributed by atoms with E-state index in [0.29, 0.717) is 18.5 Å². The zero-order valence-corrected chi connectivity index (χ0v) is 10.4. The van der Waals surface area contributed by atoms with Crippen LogP contribution in [0.5, 0.6) is 0 Å². The summed E-state index contributed by atoms with van der Waals surface area (Å²) in [7, 11) is 0. The van der Waals surface area contributed by atoms with Crippen molar-refractivity contribution in [1.82, 2.24) is 4.98 Å². The first-order valence-electron chi connectivity index (χ1n) is 5.99. The summed E-state index contributed by atoms with van der Waals surface area (Å²) in [6, 6.07) is 0. The van der Waals surface area contributed by atoms with Gasteiger partial charge in [0.25, 0.3) is 0 Å². The van der Waals surface area contributed by atoms with E-state index in [0.717, 1.165) is 0 Å². The first kappa shape index (κ1) is 12.5. The summed E-state index contributed by atoms with van der Waals surface area (Å²) in [4.78, 5) is 38.4. The van der Waals surface area contributed by atoms with E-state index in [9.17, 15) is 14.4 Å². The van der Waals surface area contributed by atoms with Crippen LogP contribution in [0.4, 0.5) is 0 Å². The highest BCUT2D eigenvalue weighted by molar-refractivity contribution is 6.00. The van der Waals surface area contributed by atoms with Crippen molar-refractivity contribution in [2.24, 2.45) is 5.92 Å². The van der Waals surface area contributed by atoms with Crippen molar-refractivity contribution in [3.8, 4) is 0 Å². The molecule has 1 N–H and O–H groups in total. The molecular formula is C13H15NO4. The molecule has 0 saturated heterocycles. The molecule has 1 aliphatic rings. The Labute approximate surface area is 104 Å². The second kappa shape index (κ2) is 4.76. The molecule has 5 nitrogen and oxygen atoms in total. The standard InChI is InChI=1S/C13H15NO4/c1-3-18-13(17)8-6-14-9-4-7(2)5-10(15)11(9)12(8)16/h6-7H,3-5H2,1-2H3,(H,14,16). The van der Waals surface area contributed by atoms with Gasteiger partial charge in [-0.3, -0.25) is 9.59 Å². The number of H-pyrrole nitrogens is 1. The third-order valence-corrected chi connectivity index (χ3v) is 3.02. The summed E-state index contributed by atoms with van der Waals surface area (Å²) >= 11 is 0. The van der Waals surface area contributed by atoms with E-state index < -0.39 is 11.4 Å². The third-order valence-electron chi connectivity index (χ3n) is 3.02. The molecule has 96 valence electrons. The van der Waals surface area contributed by atoms with Gasteiger partial charge in [-0.15, -0.1) is 0 Å². The number of rotatable bonds is 2. The van der Waals surface area contributed by atoms with Crippen LogP contribution in [-0.2, 0) is 11.2 Å². The molecule has 0 spiro atoms. The molecule has 0 radical (unpaired) electrons. The van der Waals surface area contributed by atoms with E-state index in [-0.39, 0.29) is 29.4 Å². The minimum Gasteiger partial charge on any atom is -0.462 e. The predicted octanol–water partition coefficient (Wildman–Crippen LogP) is 1.32. The van der Waals surface area contributed by atoms with Gasteiger partial charge in [-0.05, 0) is 19.3 Å². The zero-order chi connectivity index (χ0) is 13.3. The summed E-state index contributed by atoms with van der Waals surface area (Å²) in [5.41, 5.74) is 0.132. The molecule has 5 heteroatoms. The van der Waals surface area contributed by atoms with Gasteiger partial charge in [0.1, 0.15) is 5.56 Å². The number of hydrogen-bond acceptors (Lipinski definition) is 4. The molecule has 0 amide bonds. The molecule has 1 unspecified atom stereocenters. The number of carbonyl (C=O) groups is 2. The Morgan fingerprint density at radius 3 is 2.83 bits per heavy atom. The lowest BCUT2D eigenvalue weighted by atomic mass is 9.86. The van der Waals surface area contributed by atoms with Gasteiger partial charge in [-0.1, -0.05) is 6.92 Å². The number of hydrogen-bond donors (Lipinski definition) is 1. The van der Waals surface area contributed by atoms with E-state index >= 15 is 0 Å². The molecular weight excluding hydrogens is 234 g/mol. The first-order chi connectivity index (χ1) is 8.54. The minimum atomic E-state index is -0.687. The fourth-order valence-electron chi connectivity index (χ4n) is 2.22. The minimum absolute atomic E-state index is 0.0986. The number of ketones is 1. The lowest BCUT2D eigenvalue weighted by Crippen LogP contribution is -2.30. The van der Waals surface area contributed by atoms with Crippen molar-refractivity contribution < 1.29 is 14.3 Å². The molecule has 1 heterocycles. The lowest BCUT2D eigenvalue weighted by molar-refractivity contribution is 0.0524. The van der Waals surface area contributed by atoms with Gasteiger partial charge in [0.2, 0.25) is 5.43 Å². The Kier molecular flexibility index (Phi) is 3.32. The average molecular weight is 249 g/mol.